The normalized spacial score (nSPS) is 13.5. The van der Waals surface area contributed by atoms with E-state index in [0.29, 0.717) is 6.54 Å². The molecule has 1 amide bonds. The second-order valence-corrected chi connectivity index (χ2v) is 6.16. The van der Waals surface area contributed by atoms with Gasteiger partial charge in [-0.1, -0.05) is 6.92 Å². The van der Waals surface area contributed by atoms with Crippen molar-refractivity contribution in [3.8, 4) is 0 Å². The van der Waals surface area contributed by atoms with E-state index in [1.165, 1.54) is 0 Å². The van der Waals surface area contributed by atoms with Gasteiger partial charge in [0.1, 0.15) is 0 Å². The van der Waals surface area contributed by atoms with E-state index in [-0.39, 0.29) is 30.0 Å². The number of hydrogen-bond acceptors (Lipinski definition) is 4. The van der Waals surface area contributed by atoms with Crippen molar-refractivity contribution in [2.45, 2.75) is 26.8 Å². The van der Waals surface area contributed by atoms with Crippen LogP contribution in [0.4, 0.5) is 0 Å². The highest BCUT2D eigenvalue weighted by molar-refractivity contribution is 7.91. The van der Waals surface area contributed by atoms with Gasteiger partial charge in [0, 0.05) is 18.3 Å². The van der Waals surface area contributed by atoms with Gasteiger partial charge < -0.3 is 10.2 Å². The van der Waals surface area contributed by atoms with Crippen LogP contribution < -0.4 is 5.32 Å². The molecule has 0 saturated carbocycles. The highest BCUT2D eigenvalue weighted by atomic mass is 32.2. The van der Waals surface area contributed by atoms with E-state index in [9.17, 15) is 13.2 Å². The first-order valence-electron chi connectivity index (χ1n) is 5.52. The van der Waals surface area contributed by atoms with Gasteiger partial charge in [0.2, 0.25) is 5.91 Å². The molecule has 0 aromatic carbocycles. The van der Waals surface area contributed by atoms with E-state index >= 15 is 0 Å². The molecule has 0 fully saturated rings. The highest BCUT2D eigenvalue weighted by Crippen LogP contribution is 2.04. The molecule has 0 aliphatic heterocycles. The van der Waals surface area contributed by atoms with Crippen molar-refractivity contribution in [3.05, 3.63) is 0 Å². The minimum atomic E-state index is -3.04. The first-order chi connectivity index (χ1) is 7.37. The number of likely N-dealkylation sites (N-methyl/N-ethyl adjacent to an activating group) is 2. The van der Waals surface area contributed by atoms with Gasteiger partial charge >= 0.3 is 0 Å². The molecule has 1 unspecified atom stereocenters. The first kappa shape index (κ1) is 15.4. The van der Waals surface area contributed by atoms with Crippen LogP contribution in [0.5, 0.6) is 0 Å². The molecule has 0 radical (unpaired) electrons. The molecular formula is C10H22N2O3S. The largest absolute Gasteiger partial charge is 0.338 e. The lowest BCUT2D eigenvalue weighted by molar-refractivity contribution is -0.131. The summed E-state index contributed by atoms with van der Waals surface area (Å²) in [5.41, 5.74) is 0. The summed E-state index contributed by atoms with van der Waals surface area (Å²) in [6.07, 6.45) is 0. The third-order valence-electron chi connectivity index (χ3n) is 2.46. The summed E-state index contributed by atoms with van der Waals surface area (Å²) in [6.45, 7) is 6.01. The van der Waals surface area contributed by atoms with Crippen molar-refractivity contribution < 1.29 is 13.2 Å². The Kier molecular flexibility index (Phi) is 6.59. The standard InChI is InChI=1S/C10H22N2O3S/c1-5-12(10(13)7-11-4)9(3)8-16(14,15)6-2/h9,11H,5-8H2,1-4H3. The third kappa shape index (κ3) is 4.94. The Morgan fingerprint density at radius 1 is 1.38 bits per heavy atom. The van der Waals surface area contributed by atoms with Gasteiger partial charge in [-0.05, 0) is 20.9 Å². The number of amides is 1. The van der Waals surface area contributed by atoms with Crippen LogP contribution in [0.15, 0.2) is 0 Å². The first-order valence-corrected chi connectivity index (χ1v) is 7.34. The van der Waals surface area contributed by atoms with Crippen molar-refractivity contribution in [1.29, 1.82) is 0 Å². The summed E-state index contributed by atoms with van der Waals surface area (Å²) in [5, 5.41) is 2.77. The minimum Gasteiger partial charge on any atom is -0.338 e. The topological polar surface area (TPSA) is 66.5 Å². The lowest BCUT2D eigenvalue weighted by Gasteiger charge is -2.27. The minimum absolute atomic E-state index is 0.0345. The van der Waals surface area contributed by atoms with Crippen molar-refractivity contribution in [2.75, 3.05) is 31.6 Å². The average molecular weight is 250 g/mol. The van der Waals surface area contributed by atoms with Crippen molar-refractivity contribution in [1.82, 2.24) is 10.2 Å². The highest BCUT2D eigenvalue weighted by Gasteiger charge is 2.22. The Bertz CT molecular complexity index is 314. The van der Waals surface area contributed by atoms with Gasteiger partial charge in [-0.15, -0.1) is 0 Å². The molecule has 0 spiro atoms. The Hall–Kier alpha value is -0.620. The molecule has 1 N–H and O–H groups in total. The predicted octanol–water partition coefficient (Wildman–Crippen LogP) is -0.122. The zero-order chi connectivity index (χ0) is 12.8. The third-order valence-corrected chi connectivity index (χ3v) is 4.33. The molecule has 5 nitrogen and oxygen atoms in total. The number of rotatable bonds is 7. The van der Waals surface area contributed by atoms with E-state index in [1.54, 1.807) is 25.8 Å². The van der Waals surface area contributed by atoms with Crippen LogP contribution in [0.1, 0.15) is 20.8 Å². The number of nitrogens with one attached hydrogen (secondary N) is 1. The summed E-state index contributed by atoms with van der Waals surface area (Å²) in [4.78, 5) is 13.2. The van der Waals surface area contributed by atoms with Crippen LogP contribution in [-0.4, -0.2) is 56.9 Å². The molecule has 0 aromatic rings. The van der Waals surface area contributed by atoms with Crippen LogP contribution in [0.2, 0.25) is 0 Å². The zero-order valence-corrected chi connectivity index (χ0v) is 11.3. The maximum Gasteiger partial charge on any atom is 0.236 e. The Labute approximate surface area is 98.1 Å². The Balaban J connectivity index is 4.54. The quantitative estimate of drug-likeness (QED) is 0.684. The molecule has 0 heterocycles. The van der Waals surface area contributed by atoms with Gasteiger partial charge in [0.05, 0.1) is 12.3 Å². The Morgan fingerprint density at radius 2 is 1.94 bits per heavy atom. The average Bonchev–Trinajstić information content (AvgIpc) is 2.18. The molecule has 1 atom stereocenters. The van der Waals surface area contributed by atoms with Gasteiger partial charge in [-0.3, -0.25) is 4.79 Å². The molecule has 6 heteroatoms. The van der Waals surface area contributed by atoms with Crippen molar-refractivity contribution >= 4 is 15.7 Å². The monoisotopic (exact) mass is 250 g/mol. The van der Waals surface area contributed by atoms with E-state index < -0.39 is 9.84 Å². The van der Waals surface area contributed by atoms with Crippen LogP contribution >= 0.6 is 0 Å². The Morgan fingerprint density at radius 3 is 2.31 bits per heavy atom. The van der Waals surface area contributed by atoms with Gasteiger partial charge in [0.25, 0.3) is 0 Å². The van der Waals surface area contributed by atoms with Crippen molar-refractivity contribution in [3.63, 3.8) is 0 Å². The molecule has 0 aliphatic rings. The molecule has 0 bridgehead atoms. The summed E-state index contributed by atoms with van der Waals surface area (Å²) >= 11 is 0. The van der Waals surface area contributed by atoms with Crippen LogP contribution in [0.3, 0.4) is 0 Å². The summed E-state index contributed by atoms with van der Waals surface area (Å²) in [5.74, 6) is 0.0887. The summed E-state index contributed by atoms with van der Waals surface area (Å²) in [7, 11) is -1.34. The van der Waals surface area contributed by atoms with Crippen molar-refractivity contribution in [2.24, 2.45) is 0 Å². The number of nitrogens with zero attached hydrogens (tertiary/aromatic N) is 1. The fourth-order valence-electron chi connectivity index (χ4n) is 1.56. The van der Waals surface area contributed by atoms with E-state index in [4.69, 9.17) is 0 Å². The van der Waals surface area contributed by atoms with Crippen LogP contribution in [0, 0.1) is 0 Å². The molecule has 0 rings (SSSR count). The van der Waals surface area contributed by atoms with Crippen LogP contribution in [-0.2, 0) is 14.6 Å². The molecule has 16 heavy (non-hydrogen) atoms. The second-order valence-electron chi connectivity index (χ2n) is 3.76. The van der Waals surface area contributed by atoms with E-state index in [0.717, 1.165) is 0 Å². The summed E-state index contributed by atoms with van der Waals surface area (Å²) in [6, 6.07) is -0.268. The van der Waals surface area contributed by atoms with Crippen LogP contribution in [0.25, 0.3) is 0 Å². The SMILES string of the molecule is CCN(C(=O)CNC)C(C)CS(=O)(=O)CC. The smallest absolute Gasteiger partial charge is 0.236 e. The zero-order valence-electron chi connectivity index (χ0n) is 10.5. The lowest BCUT2D eigenvalue weighted by atomic mass is 10.3. The maximum absolute atomic E-state index is 11.7. The van der Waals surface area contributed by atoms with E-state index in [1.807, 2.05) is 6.92 Å². The molecule has 0 saturated heterocycles. The van der Waals surface area contributed by atoms with Gasteiger partial charge in [0.15, 0.2) is 9.84 Å². The lowest BCUT2D eigenvalue weighted by Crippen LogP contribution is -2.45. The fraction of sp³-hybridized carbons (Fsp3) is 0.900. The van der Waals surface area contributed by atoms with E-state index in [2.05, 4.69) is 5.32 Å². The maximum atomic E-state index is 11.7. The van der Waals surface area contributed by atoms with Gasteiger partial charge in [-0.2, -0.15) is 0 Å². The molecule has 0 aliphatic carbocycles. The molecule has 0 aromatic heterocycles. The second kappa shape index (κ2) is 6.85. The summed E-state index contributed by atoms with van der Waals surface area (Å²) < 4.78 is 22.9. The number of sulfone groups is 1. The number of hydrogen-bond donors (Lipinski definition) is 1. The molecular weight excluding hydrogens is 228 g/mol. The predicted molar refractivity (Wildman–Crippen MR) is 65.1 cm³/mol. The van der Waals surface area contributed by atoms with Gasteiger partial charge in [-0.25, -0.2) is 8.42 Å². The number of carbonyl (C=O) groups excluding carboxylic acids is 1. The molecule has 96 valence electrons. The number of carbonyl (C=O) groups is 1. The fourth-order valence-corrected chi connectivity index (χ4v) is 2.71.